The van der Waals surface area contributed by atoms with Gasteiger partial charge in [-0.2, -0.15) is 4.31 Å². The van der Waals surface area contributed by atoms with Crippen LogP contribution in [0, 0.1) is 0 Å². The van der Waals surface area contributed by atoms with Crippen LogP contribution in [0.3, 0.4) is 0 Å². The molecule has 7 heteroatoms. The average molecular weight is 462 g/mol. The van der Waals surface area contributed by atoms with Crippen molar-refractivity contribution in [3.8, 4) is 0 Å². The Morgan fingerprint density at radius 1 is 0.848 bits per heavy atom. The largest absolute Gasteiger partial charge is 0.369 e. The van der Waals surface area contributed by atoms with Crippen molar-refractivity contribution in [1.82, 2.24) is 4.31 Å². The van der Waals surface area contributed by atoms with E-state index in [0.29, 0.717) is 31.7 Å². The van der Waals surface area contributed by atoms with Gasteiger partial charge in [0, 0.05) is 49.2 Å². The summed E-state index contributed by atoms with van der Waals surface area (Å²) in [5.74, 6) is -0.168. The van der Waals surface area contributed by atoms with Crippen molar-refractivity contribution in [2.45, 2.75) is 24.3 Å². The molecule has 0 spiro atoms. The molecule has 1 fully saturated rings. The Hall–Kier alpha value is -3.16. The molecule has 1 amide bonds. The first-order valence-electron chi connectivity index (χ1n) is 11.3. The van der Waals surface area contributed by atoms with E-state index in [4.69, 9.17) is 0 Å². The number of para-hydroxylation sites is 2. The second kappa shape index (κ2) is 8.65. The number of nitrogens with zero attached hydrogens (tertiary/aromatic N) is 3. The number of sulfonamides is 1. The number of hydrogen-bond acceptors (Lipinski definition) is 4. The smallest absolute Gasteiger partial charge is 0.258 e. The minimum Gasteiger partial charge on any atom is -0.369 e. The number of benzene rings is 3. The molecule has 0 N–H and O–H groups in total. The molecule has 0 aromatic heterocycles. The lowest BCUT2D eigenvalue weighted by atomic mass is 10.1. The molecule has 2 aliphatic rings. The maximum atomic E-state index is 13.4. The predicted octanol–water partition coefficient (Wildman–Crippen LogP) is 3.79. The Morgan fingerprint density at radius 2 is 1.55 bits per heavy atom. The molecule has 1 saturated heterocycles. The molecule has 0 saturated carbocycles. The van der Waals surface area contributed by atoms with Crippen LogP contribution in [-0.2, 0) is 16.4 Å². The van der Waals surface area contributed by atoms with Crippen LogP contribution in [-0.4, -0.2) is 50.9 Å². The van der Waals surface area contributed by atoms with Crippen molar-refractivity contribution in [2.75, 3.05) is 36.0 Å². The number of hydrogen-bond donors (Lipinski definition) is 0. The number of amides is 1. The minimum atomic E-state index is -3.69. The van der Waals surface area contributed by atoms with Gasteiger partial charge in [0.25, 0.3) is 5.91 Å². The molecule has 33 heavy (non-hydrogen) atoms. The summed E-state index contributed by atoms with van der Waals surface area (Å²) in [4.78, 5) is 17.5. The molecule has 0 aliphatic carbocycles. The summed E-state index contributed by atoms with van der Waals surface area (Å²) in [5.41, 5.74) is 3.53. The Balaban J connectivity index is 1.35. The van der Waals surface area contributed by atoms with Crippen molar-refractivity contribution in [3.63, 3.8) is 0 Å². The van der Waals surface area contributed by atoms with Gasteiger partial charge in [-0.25, -0.2) is 8.42 Å². The van der Waals surface area contributed by atoms with E-state index in [1.54, 1.807) is 23.1 Å². The Morgan fingerprint density at radius 3 is 2.30 bits per heavy atom. The van der Waals surface area contributed by atoms with Gasteiger partial charge in [-0.3, -0.25) is 4.79 Å². The summed E-state index contributed by atoms with van der Waals surface area (Å²) in [5, 5.41) is 0. The third-order valence-corrected chi connectivity index (χ3v) is 8.40. The number of fused-ring (bicyclic) bond motifs is 1. The van der Waals surface area contributed by atoms with E-state index in [-0.39, 0.29) is 16.8 Å². The van der Waals surface area contributed by atoms with Gasteiger partial charge >= 0.3 is 0 Å². The maximum Gasteiger partial charge on any atom is 0.258 e. The first-order chi connectivity index (χ1) is 15.9. The number of anilines is 2. The molecule has 0 unspecified atom stereocenters. The summed E-state index contributed by atoms with van der Waals surface area (Å²) in [6.07, 6.45) is 0.797. The van der Waals surface area contributed by atoms with Gasteiger partial charge in [-0.1, -0.05) is 42.5 Å². The highest BCUT2D eigenvalue weighted by molar-refractivity contribution is 7.89. The normalized spacial score (nSPS) is 18.9. The van der Waals surface area contributed by atoms with E-state index in [9.17, 15) is 13.2 Å². The van der Waals surface area contributed by atoms with Crippen molar-refractivity contribution in [2.24, 2.45) is 0 Å². The van der Waals surface area contributed by atoms with E-state index in [1.807, 2.05) is 61.5 Å². The minimum absolute atomic E-state index is 0.0289. The van der Waals surface area contributed by atoms with Crippen LogP contribution in [0.5, 0.6) is 0 Å². The lowest BCUT2D eigenvalue weighted by Crippen LogP contribution is -2.48. The summed E-state index contributed by atoms with van der Waals surface area (Å²) in [6.45, 7) is 4.09. The fourth-order valence-corrected chi connectivity index (χ4v) is 6.25. The number of carbonyl (C=O) groups is 1. The third-order valence-electron chi connectivity index (χ3n) is 6.50. The van der Waals surface area contributed by atoms with Crippen LogP contribution in [0.1, 0.15) is 22.8 Å². The molecule has 5 rings (SSSR count). The molecule has 2 heterocycles. The first kappa shape index (κ1) is 21.7. The Labute approximate surface area is 195 Å². The van der Waals surface area contributed by atoms with Gasteiger partial charge in [0.1, 0.15) is 0 Å². The number of rotatable bonds is 4. The van der Waals surface area contributed by atoms with E-state index >= 15 is 0 Å². The quantitative estimate of drug-likeness (QED) is 0.593. The molecule has 0 bridgehead atoms. The molecule has 3 aromatic carbocycles. The van der Waals surface area contributed by atoms with E-state index in [2.05, 4.69) is 4.90 Å². The second-order valence-corrected chi connectivity index (χ2v) is 10.5. The van der Waals surface area contributed by atoms with Gasteiger partial charge in [-0.05, 0) is 55.3 Å². The van der Waals surface area contributed by atoms with Crippen LogP contribution in [0.2, 0.25) is 0 Å². The van der Waals surface area contributed by atoms with Crippen molar-refractivity contribution >= 4 is 27.3 Å². The van der Waals surface area contributed by atoms with E-state index in [1.165, 1.54) is 10.4 Å². The van der Waals surface area contributed by atoms with E-state index in [0.717, 1.165) is 23.4 Å². The summed E-state index contributed by atoms with van der Waals surface area (Å²) >= 11 is 0. The Bertz CT molecular complexity index is 1270. The molecule has 170 valence electrons. The highest BCUT2D eigenvalue weighted by atomic mass is 32.2. The number of piperazine rings is 1. The average Bonchev–Trinajstić information content (AvgIpc) is 3.20. The van der Waals surface area contributed by atoms with Gasteiger partial charge in [-0.15, -0.1) is 0 Å². The zero-order chi connectivity index (χ0) is 23.0. The molecule has 0 radical (unpaired) electrons. The highest BCUT2D eigenvalue weighted by Gasteiger charge is 2.33. The van der Waals surface area contributed by atoms with Crippen molar-refractivity contribution in [1.29, 1.82) is 0 Å². The fourth-order valence-electron chi connectivity index (χ4n) is 4.78. The first-order valence-corrected chi connectivity index (χ1v) is 12.7. The van der Waals surface area contributed by atoms with Crippen LogP contribution < -0.4 is 9.80 Å². The number of carbonyl (C=O) groups excluding carboxylic acids is 1. The predicted molar refractivity (Wildman–Crippen MR) is 130 cm³/mol. The van der Waals surface area contributed by atoms with Crippen LogP contribution >= 0.6 is 0 Å². The van der Waals surface area contributed by atoms with Crippen LogP contribution in [0.25, 0.3) is 0 Å². The lowest BCUT2D eigenvalue weighted by Gasteiger charge is -2.35. The Kier molecular flexibility index (Phi) is 5.68. The van der Waals surface area contributed by atoms with Crippen LogP contribution in [0.4, 0.5) is 11.4 Å². The van der Waals surface area contributed by atoms with Gasteiger partial charge in [0.2, 0.25) is 10.0 Å². The third kappa shape index (κ3) is 4.03. The highest BCUT2D eigenvalue weighted by Crippen LogP contribution is 2.33. The molecule has 3 aromatic rings. The summed E-state index contributed by atoms with van der Waals surface area (Å²) in [7, 11) is -3.69. The van der Waals surface area contributed by atoms with Crippen molar-refractivity contribution in [3.05, 3.63) is 90.0 Å². The zero-order valence-corrected chi connectivity index (χ0v) is 19.4. The van der Waals surface area contributed by atoms with Gasteiger partial charge in [0.05, 0.1) is 4.90 Å². The zero-order valence-electron chi connectivity index (χ0n) is 18.6. The molecular formula is C26H27N3O3S. The van der Waals surface area contributed by atoms with Gasteiger partial charge in [0.15, 0.2) is 0 Å². The molecule has 6 nitrogen and oxygen atoms in total. The fraction of sp³-hybridized carbons (Fsp3) is 0.269. The standard InChI is InChI=1S/C26H27N3O3S/c1-20-18-21-8-5-6-13-25(21)29(20)26(30)22-9-7-12-24(19-22)33(31,32)28-16-14-27(15-17-28)23-10-3-2-4-11-23/h2-13,19-20H,14-18H2,1H3/t20-/m0/s1. The molecule has 2 aliphatic heterocycles. The van der Waals surface area contributed by atoms with Gasteiger partial charge < -0.3 is 9.80 Å². The second-order valence-electron chi connectivity index (χ2n) is 8.61. The summed E-state index contributed by atoms with van der Waals surface area (Å²) < 4.78 is 28.3. The SMILES string of the molecule is C[C@H]1Cc2ccccc2N1C(=O)c1cccc(S(=O)(=O)N2CCN(c3ccccc3)CC2)c1. The summed E-state index contributed by atoms with van der Waals surface area (Å²) in [6, 6.07) is 24.4. The van der Waals surface area contributed by atoms with E-state index < -0.39 is 10.0 Å². The topological polar surface area (TPSA) is 60.9 Å². The monoisotopic (exact) mass is 461 g/mol. The molecule has 1 atom stereocenters. The van der Waals surface area contributed by atoms with Crippen molar-refractivity contribution < 1.29 is 13.2 Å². The maximum absolute atomic E-state index is 13.4. The molecular weight excluding hydrogens is 434 g/mol. The van der Waals surface area contributed by atoms with Crippen LogP contribution in [0.15, 0.2) is 83.8 Å². The lowest BCUT2D eigenvalue weighted by molar-refractivity contribution is 0.0981.